The van der Waals surface area contributed by atoms with Crippen molar-refractivity contribution in [3.8, 4) is 0 Å². The van der Waals surface area contributed by atoms with Gasteiger partial charge in [0, 0.05) is 0 Å². The SMILES string of the molecule is CC1CCCCC1(C)OC(=O)c1ccccc1.N. The van der Waals surface area contributed by atoms with E-state index in [0.717, 1.165) is 19.3 Å². The van der Waals surface area contributed by atoms with E-state index in [-0.39, 0.29) is 17.7 Å². The molecule has 3 heteroatoms. The molecule has 3 N–H and O–H groups in total. The van der Waals surface area contributed by atoms with Crippen molar-refractivity contribution in [2.45, 2.75) is 45.1 Å². The third-order valence-corrected chi connectivity index (χ3v) is 3.94. The molecule has 2 rings (SSSR count). The Morgan fingerprint density at radius 2 is 1.94 bits per heavy atom. The highest BCUT2D eigenvalue weighted by Gasteiger charge is 2.37. The highest BCUT2D eigenvalue weighted by molar-refractivity contribution is 5.89. The van der Waals surface area contributed by atoms with Gasteiger partial charge in [-0.15, -0.1) is 0 Å². The normalized spacial score (nSPS) is 27.1. The molecule has 2 unspecified atom stereocenters. The van der Waals surface area contributed by atoms with Crippen molar-refractivity contribution in [3.05, 3.63) is 35.9 Å². The first-order valence-corrected chi connectivity index (χ1v) is 6.40. The van der Waals surface area contributed by atoms with E-state index in [2.05, 4.69) is 13.8 Å². The molecule has 18 heavy (non-hydrogen) atoms. The van der Waals surface area contributed by atoms with Crippen molar-refractivity contribution < 1.29 is 9.53 Å². The van der Waals surface area contributed by atoms with E-state index in [0.29, 0.717) is 11.5 Å². The van der Waals surface area contributed by atoms with Crippen LogP contribution in [0, 0.1) is 5.92 Å². The maximum absolute atomic E-state index is 12.0. The standard InChI is InChI=1S/C15H20O2.H3N/c1-12-8-6-7-11-15(12,2)17-14(16)13-9-4-3-5-10-13;/h3-5,9-10,12H,6-8,11H2,1-2H3;1H3. The molecular formula is C15H23NO2. The van der Waals surface area contributed by atoms with Crippen molar-refractivity contribution in [1.29, 1.82) is 0 Å². The second-order valence-corrected chi connectivity index (χ2v) is 5.22. The summed E-state index contributed by atoms with van der Waals surface area (Å²) in [6.07, 6.45) is 4.54. The Morgan fingerprint density at radius 1 is 1.28 bits per heavy atom. The van der Waals surface area contributed by atoms with Gasteiger partial charge in [0.15, 0.2) is 0 Å². The topological polar surface area (TPSA) is 61.3 Å². The summed E-state index contributed by atoms with van der Waals surface area (Å²) in [7, 11) is 0. The van der Waals surface area contributed by atoms with Gasteiger partial charge in [-0.3, -0.25) is 0 Å². The van der Waals surface area contributed by atoms with E-state index in [1.165, 1.54) is 6.42 Å². The van der Waals surface area contributed by atoms with Gasteiger partial charge in [0.2, 0.25) is 0 Å². The summed E-state index contributed by atoms with van der Waals surface area (Å²) in [6, 6.07) is 9.24. The lowest BCUT2D eigenvalue weighted by atomic mass is 9.77. The van der Waals surface area contributed by atoms with Crippen LogP contribution < -0.4 is 6.15 Å². The summed E-state index contributed by atoms with van der Waals surface area (Å²) >= 11 is 0. The van der Waals surface area contributed by atoms with Gasteiger partial charge in [-0.25, -0.2) is 4.79 Å². The van der Waals surface area contributed by atoms with E-state index in [9.17, 15) is 4.79 Å². The zero-order valence-electron chi connectivity index (χ0n) is 11.3. The van der Waals surface area contributed by atoms with Crippen molar-refractivity contribution in [3.63, 3.8) is 0 Å². The third-order valence-electron chi connectivity index (χ3n) is 3.94. The van der Waals surface area contributed by atoms with Crippen LogP contribution in [0.2, 0.25) is 0 Å². The maximum Gasteiger partial charge on any atom is 0.338 e. The fourth-order valence-corrected chi connectivity index (χ4v) is 2.47. The molecule has 1 aromatic carbocycles. The van der Waals surface area contributed by atoms with E-state index in [1.807, 2.05) is 18.2 Å². The van der Waals surface area contributed by atoms with Gasteiger partial charge in [-0.2, -0.15) is 0 Å². The minimum atomic E-state index is -0.287. The molecule has 2 atom stereocenters. The summed E-state index contributed by atoms with van der Waals surface area (Å²) < 4.78 is 5.74. The van der Waals surface area contributed by atoms with E-state index in [1.54, 1.807) is 12.1 Å². The molecule has 0 aliphatic heterocycles. The van der Waals surface area contributed by atoms with Crippen LogP contribution in [0.25, 0.3) is 0 Å². The molecule has 1 aliphatic carbocycles. The number of hydrogen-bond acceptors (Lipinski definition) is 3. The smallest absolute Gasteiger partial charge is 0.338 e. The maximum atomic E-state index is 12.0. The Bertz CT molecular complexity index is 391. The van der Waals surface area contributed by atoms with Gasteiger partial charge in [-0.05, 0) is 44.2 Å². The lowest BCUT2D eigenvalue weighted by Crippen LogP contribution is -2.40. The summed E-state index contributed by atoms with van der Waals surface area (Å²) in [5.41, 5.74) is 0.358. The average Bonchev–Trinajstić information content (AvgIpc) is 2.34. The lowest BCUT2D eigenvalue weighted by Gasteiger charge is -2.39. The predicted octanol–water partition coefficient (Wildman–Crippen LogP) is 3.97. The molecule has 1 aromatic rings. The van der Waals surface area contributed by atoms with Gasteiger partial charge in [-0.1, -0.05) is 31.5 Å². The highest BCUT2D eigenvalue weighted by atomic mass is 16.6. The largest absolute Gasteiger partial charge is 0.455 e. The van der Waals surface area contributed by atoms with Gasteiger partial charge in [0.25, 0.3) is 0 Å². The van der Waals surface area contributed by atoms with E-state index >= 15 is 0 Å². The van der Waals surface area contributed by atoms with E-state index < -0.39 is 0 Å². The molecule has 0 saturated heterocycles. The first-order valence-electron chi connectivity index (χ1n) is 6.40. The molecule has 0 heterocycles. The molecule has 1 saturated carbocycles. The van der Waals surface area contributed by atoms with Crippen LogP contribution in [0.4, 0.5) is 0 Å². The second kappa shape index (κ2) is 6.01. The molecule has 3 nitrogen and oxygen atoms in total. The van der Waals surface area contributed by atoms with Crippen molar-refractivity contribution >= 4 is 5.97 Å². The molecule has 1 fully saturated rings. The number of ether oxygens (including phenoxy) is 1. The van der Waals surface area contributed by atoms with Crippen LogP contribution in [-0.2, 0) is 4.74 Å². The van der Waals surface area contributed by atoms with Crippen LogP contribution in [0.15, 0.2) is 30.3 Å². The molecule has 100 valence electrons. The van der Waals surface area contributed by atoms with Crippen LogP contribution in [0.3, 0.4) is 0 Å². The summed E-state index contributed by atoms with van der Waals surface area (Å²) in [4.78, 5) is 12.0. The molecule has 0 bridgehead atoms. The van der Waals surface area contributed by atoms with Crippen molar-refractivity contribution in [1.82, 2.24) is 6.15 Å². The first kappa shape index (κ1) is 14.7. The second-order valence-electron chi connectivity index (χ2n) is 5.22. The lowest BCUT2D eigenvalue weighted by molar-refractivity contribution is -0.0549. The summed E-state index contributed by atoms with van der Waals surface area (Å²) in [5.74, 6) is 0.255. The molecule has 0 radical (unpaired) electrons. The summed E-state index contributed by atoms with van der Waals surface area (Å²) in [6.45, 7) is 4.25. The average molecular weight is 249 g/mol. The molecule has 0 amide bonds. The zero-order valence-corrected chi connectivity index (χ0v) is 11.3. The number of esters is 1. The Balaban J connectivity index is 0.00000162. The van der Waals surface area contributed by atoms with Crippen LogP contribution >= 0.6 is 0 Å². The third kappa shape index (κ3) is 3.10. The number of carbonyl (C=O) groups excluding carboxylic acids is 1. The summed E-state index contributed by atoms with van der Waals surface area (Å²) in [5, 5.41) is 0. The van der Waals surface area contributed by atoms with Crippen LogP contribution in [-0.4, -0.2) is 11.6 Å². The minimum absolute atomic E-state index is 0. The minimum Gasteiger partial charge on any atom is -0.455 e. The zero-order chi connectivity index (χ0) is 12.3. The van der Waals surface area contributed by atoms with Crippen molar-refractivity contribution in [2.75, 3.05) is 0 Å². The predicted molar refractivity (Wildman–Crippen MR) is 72.9 cm³/mol. The number of hydrogen-bond donors (Lipinski definition) is 1. The van der Waals surface area contributed by atoms with Crippen LogP contribution in [0.5, 0.6) is 0 Å². The molecule has 1 aliphatic rings. The van der Waals surface area contributed by atoms with Crippen molar-refractivity contribution in [2.24, 2.45) is 5.92 Å². The van der Waals surface area contributed by atoms with E-state index in [4.69, 9.17) is 4.74 Å². The Labute approximate surface area is 109 Å². The van der Waals surface area contributed by atoms with Gasteiger partial charge < -0.3 is 10.9 Å². The Kier molecular flexibility index (Phi) is 4.91. The van der Waals surface area contributed by atoms with Gasteiger partial charge in [0.1, 0.15) is 5.60 Å². The van der Waals surface area contributed by atoms with Gasteiger partial charge in [0.05, 0.1) is 5.56 Å². The quantitative estimate of drug-likeness (QED) is 0.806. The fourth-order valence-electron chi connectivity index (χ4n) is 2.47. The highest BCUT2D eigenvalue weighted by Crippen LogP contribution is 2.36. The van der Waals surface area contributed by atoms with Gasteiger partial charge >= 0.3 is 5.97 Å². The first-order chi connectivity index (χ1) is 8.12. The number of rotatable bonds is 2. The monoisotopic (exact) mass is 249 g/mol. The number of carbonyl (C=O) groups is 1. The van der Waals surface area contributed by atoms with Crippen LogP contribution in [0.1, 0.15) is 49.9 Å². The molecule has 0 aromatic heterocycles. The molecular weight excluding hydrogens is 226 g/mol. The number of benzene rings is 1. The fraction of sp³-hybridized carbons (Fsp3) is 0.533. The molecule has 0 spiro atoms. The Hall–Kier alpha value is -1.35. The Morgan fingerprint density at radius 3 is 2.56 bits per heavy atom.